The number of halogens is 4. The monoisotopic (exact) mass is 407 g/mol. The largest absolute Gasteiger partial charge is 0.434 e. The lowest BCUT2D eigenvalue weighted by atomic mass is 10.2. The molecule has 0 unspecified atom stereocenters. The molecular weight excluding hydrogens is 395 g/mol. The number of pyridine rings is 1. The summed E-state index contributed by atoms with van der Waals surface area (Å²) in [5, 5.41) is 5.13. The van der Waals surface area contributed by atoms with Crippen molar-refractivity contribution in [1.29, 1.82) is 0 Å². The Bertz CT molecular complexity index is 1130. The molecule has 7 nitrogen and oxygen atoms in total. The third-order valence-corrected chi connectivity index (χ3v) is 4.32. The molecule has 0 aliphatic heterocycles. The molecule has 0 atom stereocenters. The lowest BCUT2D eigenvalue weighted by Crippen LogP contribution is -2.05. The van der Waals surface area contributed by atoms with Crippen LogP contribution in [-0.4, -0.2) is 34.3 Å². The van der Waals surface area contributed by atoms with Gasteiger partial charge in [0, 0.05) is 25.1 Å². The summed E-state index contributed by atoms with van der Waals surface area (Å²) in [7, 11) is 0. The first-order valence-corrected chi connectivity index (χ1v) is 8.66. The summed E-state index contributed by atoms with van der Waals surface area (Å²) in [5.41, 5.74) is 0.807. The maximum absolute atomic E-state index is 12.9. The van der Waals surface area contributed by atoms with Gasteiger partial charge in [-0.05, 0) is 30.2 Å². The fourth-order valence-electron chi connectivity index (χ4n) is 2.78. The lowest BCUT2D eigenvalue weighted by Gasteiger charge is -2.06. The van der Waals surface area contributed by atoms with E-state index in [0.717, 1.165) is 17.1 Å². The first-order valence-electron chi connectivity index (χ1n) is 8.29. The highest BCUT2D eigenvalue weighted by atomic mass is 35.5. The minimum atomic E-state index is -4.50. The number of nitrogens with zero attached hydrogens (tertiary/aromatic N) is 7. The van der Waals surface area contributed by atoms with Crippen molar-refractivity contribution in [3.8, 4) is 11.5 Å². The van der Waals surface area contributed by atoms with Gasteiger partial charge in [-0.15, -0.1) is 0 Å². The van der Waals surface area contributed by atoms with Crippen LogP contribution >= 0.6 is 11.6 Å². The standard InChI is InChI=1S/C17H13ClF3N7/c1-2-27-9-13(17(19,20)21)25-15(27)12-4-3-10(5-22-12)8-28-14-11(7-24-28)6-23-16(18)26-14/h3-7,9H,2,8H2,1H3. The number of alkyl halides is 3. The Labute approximate surface area is 161 Å². The van der Waals surface area contributed by atoms with E-state index in [2.05, 4.69) is 25.0 Å². The molecule has 4 aromatic rings. The minimum absolute atomic E-state index is 0.120. The fourth-order valence-corrected chi connectivity index (χ4v) is 2.91. The van der Waals surface area contributed by atoms with Crippen molar-refractivity contribution < 1.29 is 13.2 Å². The van der Waals surface area contributed by atoms with Gasteiger partial charge in [-0.2, -0.15) is 23.3 Å². The number of hydrogen-bond acceptors (Lipinski definition) is 5. The molecule has 0 aliphatic rings. The zero-order chi connectivity index (χ0) is 19.9. The van der Waals surface area contributed by atoms with Crippen LogP contribution in [0.5, 0.6) is 0 Å². The Morgan fingerprint density at radius 3 is 2.57 bits per heavy atom. The third-order valence-electron chi connectivity index (χ3n) is 4.14. The van der Waals surface area contributed by atoms with Gasteiger partial charge in [0.1, 0.15) is 5.69 Å². The second kappa shape index (κ2) is 6.86. The van der Waals surface area contributed by atoms with E-state index >= 15 is 0 Å². The fraction of sp³-hybridized carbons (Fsp3) is 0.235. The van der Waals surface area contributed by atoms with Crippen LogP contribution in [0.1, 0.15) is 18.2 Å². The average Bonchev–Trinajstić information content (AvgIpc) is 3.27. The number of rotatable bonds is 4. The number of aromatic nitrogens is 7. The van der Waals surface area contributed by atoms with E-state index in [9.17, 15) is 13.2 Å². The molecule has 28 heavy (non-hydrogen) atoms. The summed E-state index contributed by atoms with van der Waals surface area (Å²) >= 11 is 5.84. The number of imidazole rings is 1. The Morgan fingerprint density at radius 2 is 1.89 bits per heavy atom. The molecule has 4 heterocycles. The van der Waals surface area contributed by atoms with Crippen LogP contribution in [0.3, 0.4) is 0 Å². The quantitative estimate of drug-likeness (QED) is 0.481. The third kappa shape index (κ3) is 3.42. The number of hydrogen-bond donors (Lipinski definition) is 0. The van der Waals surface area contributed by atoms with Gasteiger partial charge in [0.2, 0.25) is 5.28 Å². The van der Waals surface area contributed by atoms with Gasteiger partial charge < -0.3 is 4.57 Å². The van der Waals surface area contributed by atoms with E-state index in [1.54, 1.807) is 42.3 Å². The van der Waals surface area contributed by atoms with Gasteiger partial charge in [-0.3, -0.25) is 4.98 Å². The zero-order valence-electron chi connectivity index (χ0n) is 14.5. The molecule has 0 radical (unpaired) electrons. The summed E-state index contributed by atoms with van der Waals surface area (Å²) in [4.78, 5) is 16.1. The first kappa shape index (κ1) is 18.4. The average molecular weight is 408 g/mol. The molecule has 4 aromatic heterocycles. The Balaban J connectivity index is 1.62. The molecule has 0 spiro atoms. The van der Waals surface area contributed by atoms with Crippen LogP contribution in [0, 0.1) is 0 Å². The van der Waals surface area contributed by atoms with E-state index in [-0.39, 0.29) is 11.1 Å². The van der Waals surface area contributed by atoms with Gasteiger partial charge in [0.25, 0.3) is 0 Å². The summed E-state index contributed by atoms with van der Waals surface area (Å²) in [6, 6.07) is 3.40. The van der Waals surface area contributed by atoms with Gasteiger partial charge >= 0.3 is 6.18 Å². The SMILES string of the molecule is CCn1cc(C(F)(F)F)nc1-c1ccc(Cn2ncc3cnc(Cl)nc32)cn1. The van der Waals surface area contributed by atoms with Crippen molar-refractivity contribution in [3.63, 3.8) is 0 Å². The molecule has 11 heteroatoms. The van der Waals surface area contributed by atoms with Crippen LogP contribution in [-0.2, 0) is 19.3 Å². The number of aryl methyl sites for hydroxylation is 1. The van der Waals surface area contributed by atoms with E-state index in [1.165, 1.54) is 4.57 Å². The van der Waals surface area contributed by atoms with Gasteiger partial charge in [0.15, 0.2) is 17.2 Å². The molecule has 0 saturated carbocycles. The maximum Gasteiger partial charge on any atom is 0.434 e. The Kier molecular flexibility index (Phi) is 4.50. The highest BCUT2D eigenvalue weighted by Gasteiger charge is 2.35. The minimum Gasteiger partial charge on any atom is -0.329 e. The van der Waals surface area contributed by atoms with Crippen LogP contribution < -0.4 is 0 Å². The maximum atomic E-state index is 12.9. The molecular formula is C17H13ClF3N7. The molecule has 0 aliphatic carbocycles. The Morgan fingerprint density at radius 1 is 1.07 bits per heavy atom. The topological polar surface area (TPSA) is 74.3 Å². The normalized spacial score (nSPS) is 12.0. The second-order valence-corrected chi connectivity index (χ2v) is 6.34. The second-order valence-electron chi connectivity index (χ2n) is 6.01. The summed E-state index contributed by atoms with van der Waals surface area (Å²) < 4.78 is 41.9. The van der Waals surface area contributed by atoms with Crippen molar-refractivity contribution >= 4 is 22.6 Å². The zero-order valence-corrected chi connectivity index (χ0v) is 15.3. The van der Waals surface area contributed by atoms with E-state index in [1.807, 2.05) is 0 Å². The molecule has 0 amide bonds. The van der Waals surface area contributed by atoms with Crippen LogP contribution in [0.4, 0.5) is 13.2 Å². The molecule has 144 valence electrons. The van der Waals surface area contributed by atoms with Crippen molar-refractivity contribution in [2.45, 2.75) is 26.2 Å². The van der Waals surface area contributed by atoms with Crippen LogP contribution in [0.2, 0.25) is 5.28 Å². The van der Waals surface area contributed by atoms with Crippen molar-refractivity contribution in [2.75, 3.05) is 0 Å². The van der Waals surface area contributed by atoms with Crippen molar-refractivity contribution in [3.05, 3.63) is 53.5 Å². The smallest absolute Gasteiger partial charge is 0.329 e. The number of fused-ring (bicyclic) bond motifs is 1. The lowest BCUT2D eigenvalue weighted by molar-refractivity contribution is -0.140. The predicted molar refractivity (Wildman–Crippen MR) is 95.6 cm³/mol. The van der Waals surface area contributed by atoms with Gasteiger partial charge in [-0.1, -0.05) is 6.07 Å². The van der Waals surface area contributed by atoms with Crippen molar-refractivity contribution in [1.82, 2.24) is 34.3 Å². The molecule has 0 aromatic carbocycles. The van der Waals surface area contributed by atoms with E-state index < -0.39 is 11.9 Å². The van der Waals surface area contributed by atoms with Crippen LogP contribution in [0.15, 0.2) is 36.9 Å². The summed E-state index contributed by atoms with van der Waals surface area (Å²) in [6.45, 7) is 2.47. The molecule has 0 bridgehead atoms. The van der Waals surface area contributed by atoms with Crippen LogP contribution in [0.25, 0.3) is 22.6 Å². The van der Waals surface area contributed by atoms with E-state index in [4.69, 9.17) is 11.6 Å². The van der Waals surface area contributed by atoms with Gasteiger partial charge in [0.05, 0.1) is 18.1 Å². The van der Waals surface area contributed by atoms with Gasteiger partial charge in [-0.25, -0.2) is 14.6 Å². The van der Waals surface area contributed by atoms with E-state index in [0.29, 0.717) is 24.4 Å². The molecule has 0 fully saturated rings. The molecule has 4 rings (SSSR count). The van der Waals surface area contributed by atoms with Crippen molar-refractivity contribution in [2.24, 2.45) is 0 Å². The predicted octanol–water partition coefficient (Wildman–Crippen LogP) is 3.83. The molecule has 0 N–H and O–H groups in total. The summed E-state index contributed by atoms with van der Waals surface area (Å²) in [5.74, 6) is 0.172. The molecule has 0 saturated heterocycles. The Hall–Kier alpha value is -3.01. The highest BCUT2D eigenvalue weighted by molar-refractivity contribution is 6.28. The summed E-state index contributed by atoms with van der Waals surface area (Å²) in [6.07, 6.45) is 1.28. The first-order chi connectivity index (χ1) is 13.3. The highest BCUT2D eigenvalue weighted by Crippen LogP contribution is 2.30.